The highest BCUT2D eigenvalue weighted by atomic mass is 32.2. The first-order valence-corrected chi connectivity index (χ1v) is 9.55. The zero-order valence-electron chi connectivity index (χ0n) is 13.9. The summed E-state index contributed by atoms with van der Waals surface area (Å²) in [5, 5.41) is 8.14. The lowest BCUT2D eigenvalue weighted by Gasteiger charge is -2.34. The first kappa shape index (κ1) is 16.9. The molecule has 0 saturated carbocycles. The second kappa shape index (κ2) is 6.90. The van der Waals surface area contributed by atoms with Gasteiger partial charge >= 0.3 is 0 Å². The van der Waals surface area contributed by atoms with E-state index in [2.05, 4.69) is 10.2 Å². The minimum absolute atomic E-state index is 0.247. The predicted molar refractivity (Wildman–Crippen MR) is 89.2 cm³/mol. The van der Waals surface area contributed by atoms with Crippen molar-refractivity contribution in [2.24, 2.45) is 0 Å². The van der Waals surface area contributed by atoms with Gasteiger partial charge in [-0.15, -0.1) is 10.2 Å². The number of methoxy groups -OCH3 is 1. The number of aryl methyl sites for hydroxylation is 1. The highest BCUT2D eigenvalue weighted by Gasteiger charge is 2.36. The maximum atomic E-state index is 13.2. The van der Waals surface area contributed by atoms with Crippen molar-refractivity contribution in [2.75, 3.05) is 13.7 Å². The van der Waals surface area contributed by atoms with Crippen molar-refractivity contribution in [2.45, 2.75) is 43.7 Å². The quantitative estimate of drug-likeness (QED) is 0.826. The van der Waals surface area contributed by atoms with E-state index in [4.69, 9.17) is 4.74 Å². The maximum Gasteiger partial charge on any atom is 0.243 e. The van der Waals surface area contributed by atoms with E-state index in [1.807, 2.05) is 11.5 Å². The fourth-order valence-electron chi connectivity index (χ4n) is 3.11. The number of nitrogens with zero attached hydrogens (tertiary/aromatic N) is 4. The molecule has 0 spiro atoms. The molecule has 0 N–H and O–H groups in total. The lowest BCUT2D eigenvalue weighted by atomic mass is 10.0. The standard InChI is InChI=1S/C16H22N4O3S/c1-3-19-12-17-18-16(19)15-9-4-5-10-20(15)24(21,22)14-8-6-7-13(11-14)23-2/h6-8,11-12,15H,3-5,9-10H2,1-2H3/t15-/m1/s1. The van der Waals surface area contributed by atoms with Gasteiger partial charge in [-0.05, 0) is 31.9 Å². The molecule has 1 aromatic heterocycles. The monoisotopic (exact) mass is 350 g/mol. The Bertz CT molecular complexity index is 803. The Balaban J connectivity index is 2.00. The van der Waals surface area contributed by atoms with E-state index in [9.17, 15) is 8.42 Å². The highest BCUT2D eigenvalue weighted by molar-refractivity contribution is 7.89. The zero-order chi connectivity index (χ0) is 17.2. The molecule has 1 aliphatic heterocycles. The van der Waals surface area contributed by atoms with Gasteiger partial charge in [0.2, 0.25) is 10.0 Å². The van der Waals surface area contributed by atoms with Gasteiger partial charge in [0.25, 0.3) is 0 Å². The summed E-state index contributed by atoms with van der Waals surface area (Å²) < 4.78 is 35.0. The zero-order valence-corrected chi connectivity index (χ0v) is 14.7. The van der Waals surface area contributed by atoms with Gasteiger partial charge in [0, 0.05) is 19.2 Å². The number of benzene rings is 1. The van der Waals surface area contributed by atoms with Crippen LogP contribution in [0, 0.1) is 0 Å². The van der Waals surface area contributed by atoms with Crippen LogP contribution in [0.2, 0.25) is 0 Å². The van der Waals surface area contributed by atoms with Crippen molar-refractivity contribution >= 4 is 10.0 Å². The molecule has 2 aromatic rings. The highest BCUT2D eigenvalue weighted by Crippen LogP contribution is 2.35. The lowest BCUT2D eigenvalue weighted by Crippen LogP contribution is -2.39. The average Bonchev–Trinajstić information content (AvgIpc) is 3.10. The number of rotatable bonds is 5. The molecule has 130 valence electrons. The van der Waals surface area contributed by atoms with E-state index >= 15 is 0 Å². The summed E-state index contributed by atoms with van der Waals surface area (Å²) >= 11 is 0. The predicted octanol–water partition coefficient (Wildman–Crippen LogP) is 2.22. The molecule has 0 amide bonds. The number of hydrogen-bond donors (Lipinski definition) is 0. The summed E-state index contributed by atoms with van der Waals surface area (Å²) in [5.41, 5.74) is 0. The molecule has 2 heterocycles. The Morgan fingerprint density at radius 1 is 1.33 bits per heavy atom. The number of ether oxygens (including phenoxy) is 1. The fraction of sp³-hybridized carbons (Fsp3) is 0.500. The van der Waals surface area contributed by atoms with Crippen LogP contribution in [0.4, 0.5) is 0 Å². The topological polar surface area (TPSA) is 77.3 Å². The Hall–Kier alpha value is -1.93. The molecular weight excluding hydrogens is 328 g/mol. The van der Waals surface area contributed by atoms with Crippen LogP contribution in [0.5, 0.6) is 5.75 Å². The van der Waals surface area contributed by atoms with Crippen LogP contribution in [0.15, 0.2) is 35.5 Å². The van der Waals surface area contributed by atoms with E-state index in [0.29, 0.717) is 24.7 Å². The number of aromatic nitrogens is 3. The fourth-order valence-corrected chi connectivity index (χ4v) is 4.80. The molecular formula is C16H22N4O3S. The van der Waals surface area contributed by atoms with Gasteiger partial charge in [0.15, 0.2) is 5.82 Å². The maximum absolute atomic E-state index is 13.2. The van der Waals surface area contributed by atoms with Crippen LogP contribution in [-0.2, 0) is 16.6 Å². The Morgan fingerprint density at radius 3 is 2.92 bits per heavy atom. The average molecular weight is 350 g/mol. The van der Waals surface area contributed by atoms with Crippen LogP contribution in [0.1, 0.15) is 38.1 Å². The molecule has 1 aliphatic rings. The molecule has 7 nitrogen and oxygen atoms in total. The summed E-state index contributed by atoms with van der Waals surface area (Å²) in [5.74, 6) is 1.24. The number of hydrogen-bond acceptors (Lipinski definition) is 5. The van der Waals surface area contributed by atoms with Gasteiger partial charge in [0.1, 0.15) is 12.1 Å². The third kappa shape index (κ3) is 3.03. The Kier molecular flexibility index (Phi) is 4.86. The minimum Gasteiger partial charge on any atom is -0.497 e. The molecule has 1 fully saturated rings. The van der Waals surface area contributed by atoms with E-state index in [1.165, 1.54) is 7.11 Å². The normalized spacial score (nSPS) is 19.3. The summed E-state index contributed by atoms with van der Waals surface area (Å²) in [4.78, 5) is 0.247. The van der Waals surface area contributed by atoms with Crippen molar-refractivity contribution in [3.63, 3.8) is 0 Å². The van der Waals surface area contributed by atoms with Crippen molar-refractivity contribution in [3.8, 4) is 5.75 Å². The molecule has 0 unspecified atom stereocenters. The third-order valence-electron chi connectivity index (χ3n) is 4.39. The number of sulfonamides is 1. The van der Waals surface area contributed by atoms with Crippen molar-refractivity contribution in [3.05, 3.63) is 36.4 Å². The SMILES string of the molecule is CCn1cnnc1[C@H]1CCCCN1S(=O)(=O)c1cccc(OC)c1. The molecule has 8 heteroatoms. The molecule has 1 saturated heterocycles. The Morgan fingerprint density at radius 2 is 2.17 bits per heavy atom. The van der Waals surface area contributed by atoms with Crippen LogP contribution in [0.25, 0.3) is 0 Å². The van der Waals surface area contributed by atoms with Crippen molar-refractivity contribution in [1.29, 1.82) is 0 Å². The van der Waals surface area contributed by atoms with E-state index < -0.39 is 10.0 Å². The van der Waals surface area contributed by atoms with Crippen LogP contribution >= 0.6 is 0 Å². The van der Waals surface area contributed by atoms with E-state index in [1.54, 1.807) is 34.9 Å². The van der Waals surface area contributed by atoms with Gasteiger partial charge in [-0.1, -0.05) is 12.5 Å². The molecule has 1 atom stereocenters. The second-order valence-corrected chi connectivity index (χ2v) is 7.67. The molecule has 3 rings (SSSR count). The van der Waals surface area contributed by atoms with Crippen molar-refractivity contribution in [1.82, 2.24) is 19.1 Å². The van der Waals surface area contributed by atoms with Gasteiger partial charge < -0.3 is 9.30 Å². The van der Waals surface area contributed by atoms with Gasteiger partial charge in [-0.2, -0.15) is 4.31 Å². The summed E-state index contributed by atoms with van der Waals surface area (Å²) in [6.07, 6.45) is 4.23. The molecule has 1 aromatic carbocycles. The van der Waals surface area contributed by atoms with Crippen LogP contribution < -0.4 is 4.74 Å². The van der Waals surface area contributed by atoms with Crippen LogP contribution in [0.3, 0.4) is 0 Å². The summed E-state index contributed by atoms with van der Waals surface area (Å²) in [7, 11) is -2.10. The molecule has 0 aliphatic carbocycles. The molecule has 0 bridgehead atoms. The second-order valence-electron chi connectivity index (χ2n) is 5.78. The number of piperidine rings is 1. The van der Waals surface area contributed by atoms with Gasteiger partial charge in [0.05, 0.1) is 18.0 Å². The minimum atomic E-state index is -3.62. The first-order chi connectivity index (χ1) is 11.6. The largest absolute Gasteiger partial charge is 0.497 e. The molecule has 24 heavy (non-hydrogen) atoms. The third-order valence-corrected chi connectivity index (χ3v) is 6.29. The van der Waals surface area contributed by atoms with Crippen molar-refractivity contribution < 1.29 is 13.2 Å². The smallest absolute Gasteiger partial charge is 0.243 e. The van der Waals surface area contributed by atoms with Gasteiger partial charge in [-0.25, -0.2) is 8.42 Å². The molecule has 0 radical (unpaired) electrons. The summed E-state index contributed by atoms with van der Waals surface area (Å²) in [6, 6.07) is 6.32. The van der Waals surface area contributed by atoms with Gasteiger partial charge in [-0.3, -0.25) is 0 Å². The van der Waals surface area contributed by atoms with Crippen LogP contribution in [-0.4, -0.2) is 41.1 Å². The van der Waals surface area contributed by atoms with E-state index in [-0.39, 0.29) is 10.9 Å². The summed E-state index contributed by atoms with van der Waals surface area (Å²) in [6.45, 7) is 3.20. The van der Waals surface area contributed by atoms with E-state index in [0.717, 1.165) is 19.3 Å². The lowest BCUT2D eigenvalue weighted by molar-refractivity contribution is 0.241. The first-order valence-electron chi connectivity index (χ1n) is 8.11. The Labute approximate surface area is 142 Å².